The van der Waals surface area contributed by atoms with Crippen LogP contribution in [0.1, 0.15) is 42.7 Å². The number of aryl methyl sites for hydroxylation is 1. The fourth-order valence-electron chi connectivity index (χ4n) is 4.41. The number of halogens is 2. The highest BCUT2D eigenvalue weighted by molar-refractivity contribution is 5.81. The molecule has 1 spiro atoms. The summed E-state index contributed by atoms with van der Waals surface area (Å²) in [5, 5.41) is 2.79. The maximum Gasteiger partial charge on any atom is 0.407 e. The molecule has 1 aromatic carbocycles. The molecule has 0 radical (unpaired) electrons. The van der Waals surface area contributed by atoms with Crippen LogP contribution in [0, 0.1) is 24.5 Å². The number of piperidine rings is 1. The van der Waals surface area contributed by atoms with Crippen LogP contribution in [-0.4, -0.2) is 42.1 Å². The van der Waals surface area contributed by atoms with Crippen LogP contribution in [0.4, 0.5) is 13.6 Å². The van der Waals surface area contributed by atoms with Gasteiger partial charge in [0.1, 0.15) is 18.2 Å². The van der Waals surface area contributed by atoms with Gasteiger partial charge in [0, 0.05) is 19.0 Å². The van der Waals surface area contributed by atoms with E-state index in [0.29, 0.717) is 56.5 Å². The van der Waals surface area contributed by atoms with Crippen molar-refractivity contribution in [2.75, 3.05) is 19.7 Å². The van der Waals surface area contributed by atoms with E-state index in [1.807, 2.05) is 4.90 Å². The number of cyclic esters (lactones) is 1. The van der Waals surface area contributed by atoms with Gasteiger partial charge < -0.3 is 15.0 Å². The van der Waals surface area contributed by atoms with Crippen molar-refractivity contribution in [2.45, 2.75) is 44.1 Å². The zero-order chi connectivity index (χ0) is 18.5. The highest BCUT2D eigenvalue weighted by Gasteiger charge is 2.53. The van der Waals surface area contributed by atoms with Crippen molar-refractivity contribution in [3.05, 3.63) is 34.9 Å². The van der Waals surface area contributed by atoms with Crippen LogP contribution in [0.3, 0.4) is 0 Å². The molecule has 7 heteroatoms. The molecule has 2 heterocycles. The third-order valence-corrected chi connectivity index (χ3v) is 5.99. The van der Waals surface area contributed by atoms with E-state index in [2.05, 4.69) is 5.32 Å². The SMILES string of the molecule is Cc1cc(F)c(C2CCN(C(=O)C3CC4(COC(=O)N4)C3)CC2)cc1F. The van der Waals surface area contributed by atoms with Gasteiger partial charge in [-0.1, -0.05) is 0 Å². The first-order valence-corrected chi connectivity index (χ1v) is 9.06. The molecule has 2 saturated heterocycles. The number of benzene rings is 1. The molecule has 5 nitrogen and oxygen atoms in total. The summed E-state index contributed by atoms with van der Waals surface area (Å²) in [5.74, 6) is -0.829. The Morgan fingerprint density at radius 3 is 2.54 bits per heavy atom. The third-order valence-electron chi connectivity index (χ3n) is 5.99. The topological polar surface area (TPSA) is 58.6 Å². The molecular weight excluding hydrogens is 342 g/mol. The lowest BCUT2D eigenvalue weighted by Gasteiger charge is -2.45. The molecule has 4 rings (SSSR count). The number of nitrogens with one attached hydrogen (secondary N) is 1. The second-order valence-corrected chi connectivity index (χ2v) is 7.81. The number of amides is 2. The van der Waals surface area contributed by atoms with Gasteiger partial charge in [0.05, 0.1) is 5.54 Å². The molecule has 1 aliphatic carbocycles. The number of alkyl carbamates (subject to hydrolysis) is 1. The first kappa shape index (κ1) is 17.2. The first-order chi connectivity index (χ1) is 12.4. The van der Waals surface area contributed by atoms with Crippen molar-refractivity contribution < 1.29 is 23.1 Å². The number of nitrogens with zero attached hydrogens (tertiary/aromatic N) is 1. The molecule has 1 aromatic rings. The van der Waals surface area contributed by atoms with E-state index >= 15 is 0 Å². The van der Waals surface area contributed by atoms with Gasteiger partial charge in [-0.3, -0.25) is 4.79 Å². The standard InChI is InChI=1S/C19H22F2N2O3/c1-11-6-16(21)14(7-15(11)20)12-2-4-23(5-3-12)17(24)13-8-19(9-13)10-26-18(25)22-19/h6-7,12-13H,2-5,8-10H2,1H3,(H,22,25). The molecule has 2 amide bonds. The summed E-state index contributed by atoms with van der Waals surface area (Å²) in [6.45, 7) is 2.97. The number of carbonyl (C=O) groups excluding carboxylic acids is 2. The summed E-state index contributed by atoms with van der Waals surface area (Å²) < 4.78 is 32.9. The lowest BCUT2D eigenvalue weighted by Crippen LogP contribution is -2.58. The number of rotatable bonds is 2. The average Bonchev–Trinajstić information content (AvgIpc) is 2.99. The molecule has 26 heavy (non-hydrogen) atoms. The molecule has 0 atom stereocenters. The number of likely N-dealkylation sites (tertiary alicyclic amines) is 1. The van der Waals surface area contributed by atoms with Crippen LogP contribution in [0.2, 0.25) is 0 Å². The number of carbonyl (C=O) groups is 2. The second-order valence-electron chi connectivity index (χ2n) is 7.81. The Morgan fingerprint density at radius 1 is 1.23 bits per heavy atom. The van der Waals surface area contributed by atoms with Crippen LogP contribution >= 0.6 is 0 Å². The molecule has 1 saturated carbocycles. The van der Waals surface area contributed by atoms with E-state index < -0.39 is 6.09 Å². The van der Waals surface area contributed by atoms with Gasteiger partial charge in [0.2, 0.25) is 5.91 Å². The molecule has 0 aromatic heterocycles. The summed E-state index contributed by atoms with van der Waals surface area (Å²) in [5.41, 5.74) is 0.354. The van der Waals surface area contributed by atoms with E-state index in [-0.39, 0.29) is 34.9 Å². The van der Waals surface area contributed by atoms with Gasteiger partial charge in [0.25, 0.3) is 0 Å². The van der Waals surface area contributed by atoms with Crippen molar-refractivity contribution in [3.8, 4) is 0 Å². The summed E-state index contributed by atoms with van der Waals surface area (Å²) >= 11 is 0. The van der Waals surface area contributed by atoms with Crippen LogP contribution in [0.5, 0.6) is 0 Å². The van der Waals surface area contributed by atoms with Gasteiger partial charge in [-0.25, -0.2) is 13.6 Å². The van der Waals surface area contributed by atoms with Gasteiger partial charge in [-0.15, -0.1) is 0 Å². The van der Waals surface area contributed by atoms with E-state index in [0.717, 1.165) is 0 Å². The monoisotopic (exact) mass is 364 g/mol. The molecule has 2 aliphatic heterocycles. The lowest BCUT2D eigenvalue weighted by molar-refractivity contribution is -0.142. The minimum absolute atomic E-state index is 0.0654. The molecule has 0 bridgehead atoms. The molecule has 140 valence electrons. The Morgan fingerprint density at radius 2 is 1.92 bits per heavy atom. The van der Waals surface area contributed by atoms with Crippen LogP contribution in [0.25, 0.3) is 0 Å². The lowest BCUT2D eigenvalue weighted by atomic mass is 9.68. The van der Waals surface area contributed by atoms with Crippen LogP contribution in [-0.2, 0) is 9.53 Å². The summed E-state index contributed by atoms with van der Waals surface area (Å²) in [6, 6.07) is 2.54. The molecule has 3 aliphatic rings. The minimum atomic E-state index is -0.413. The van der Waals surface area contributed by atoms with Gasteiger partial charge in [-0.05, 0) is 61.8 Å². The highest BCUT2D eigenvalue weighted by Crippen LogP contribution is 2.42. The first-order valence-electron chi connectivity index (χ1n) is 9.06. The zero-order valence-electron chi connectivity index (χ0n) is 14.7. The van der Waals surface area contributed by atoms with Crippen molar-refractivity contribution in [1.82, 2.24) is 10.2 Å². The normalized spacial score (nSPS) is 28.7. The minimum Gasteiger partial charge on any atom is -0.447 e. The molecular formula is C19H22F2N2O3. The number of hydrogen-bond donors (Lipinski definition) is 1. The summed E-state index contributed by atoms with van der Waals surface area (Å²) in [6.07, 6.45) is 2.06. The van der Waals surface area contributed by atoms with Gasteiger partial charge in [0.15, 0.2) is 0 Å². The maximum absolute atomic E-state index is 14.2. The number of ether oxygens (including phenoxy) is 1. The van der Waals surface area contributed by atoms with Crippen molar-refractivity contribution in [3.63, 3.8) is 0 Å². The maximum atomic E-state index is 14.2. The van der Waals surface area contributed by atoms with E-state index in [4.69, 9.17) is 4.74 Å². The Bertz CT molecular complexity index is 753. The Hall–Kier alpha value is -2.18. The Labute approximate surface area is 150 Å². The summed E-state index contributed by atoms with van der Waals surface area (Å²) in [4.78, 5) is 25.6. The van der Waals surface area contributed by atoms with E-state index in [9.17, 15) is 18.4 Å². The smallest absolute Gasteiger partial charge is 0.407 e. The molecule has 1 N–H and O–H groups in total. The largest absolute Gasteiger partial charge is 0.447 e. The zero-order valence-corrected chi connectivity index (χ0v) is 14.7. The molecule has 0 unspecified atom stereocenters. The van der Waals surface area contributed by atoms with E-state index in [1.165, 1.54) is 12.1 Å². The quantitative estimate of drug-likeness (QED) is 0.878. The predicted molar refractivity (Wildman–Crippen MR) is 89.6 cm³/mol. The van der Waals surface area contributed by atoms with Crippen molar-refractivity contribution in [1.29, 1.82) is 0 Å². The van der Waals surface area contributed by atoms with Crippen molar-refractivity contribution in [2.24, 2.45) is 5.92 Å². The predicted octanol–water partition coefficient (Wildman–Crippen LogP) is 2.87. The fraction of sp³-hybridized carbons (Fsp3) is 0.579. The number of hydrogen-bond acceptors (Lipinski definition) is 3. The third kappa shape index (κ3) is 2.93. The van der Waals surface area contributed by atoms with Crippen molar-refractivity contribution >= 4 is 12.0 Å². The van der Waals surface area contributed by atoms with Gasteiger partial charge >= 0.3 is 6.09 Å². The van der Waals surface area contributed by atoms with Crippen LogP contribution < -0.4 is 5.32 Å². The summed E-state index contributed by atoms with van der Waals surface area (Å²) in [7, 11) is 0. The molecule has 3 fully saturated rings. The Kier molecular flexibility index (Phi) is 4.12. The van der Waals surface area contributed by atoms with Gasteiger partial charge in [-0.2, -0.15) is 0 Å². The average molecular weight is 364 g/mol. The van der Waals surface area contributed by atoms with Crippen LogP contribution in [0.15, 0.2) is 12.1 Å². The fourth-order valence-corrected chi connectivity index (χ4v) is 4.41. The highest BCUT2D eigenvalue weighted by atomic mass is 19.1. The Balaban J connectivity index is 1.33. The second kappa shape index (κ2) is 6.21. The van der Waals surface area contributed by atoms with E-state index in [1.54, 1.807) is 6.92 Å².